The number of ether oxygens (including phenoxy) is 1. The molecule has 0 saturated carbocycles. The van der Waals surface area contributed by atoms with Crippen LogP contribution in [0.4, 0.5) is 0 Å². The number of hydrogen-bond acceptors (Lipinski definition) is 3. The third-order valence-electron chi connectivity index (χ3n) is 1.90. The van der Waals surface area contributed by atoms with Gasteiger partial charge in [-0.1, -0.05) is 33.1 Å². The van der Waals surface area contributed by atoms with E-state index in [1.807, 2.05) is 6.92 Å². The second-order valence-electron chi connectivity index (χ2n) is 3.15. The van der Waals surface area contributed by atoms with Crippen LogP contribution in [0.2, 0.25) is 0 Å². The third-order valence-corrected chi connectivity index (χ3v) is 2.48. The SMILES string of the molecule is CCCCCCOC(=O)C(S)CC.[Ag]. The van der Waals surface area contributed by atoms with Crippen molar-refractivity contribution in [2.45, 2.75) is 51.2 Å². The fraction of sp³-hybridized carbons (Fsp3) is 0.900. The molecule has 0 heterocycles. The standard InChI is InChI=1S/C10H20O2S.Ag/c1-3-5-6-7-8-12-10(11)9(13)4-2;/h9,13H,3-8H2,1-2H3;. The van der Waals surface area contributed by atoms with Crippen LogP contribution in [-0.4, -0.2) is 17.8 Å². The second-order valence-corrected chi connectivity index (χ2v) is 3.78. The Bertz CT molecular complexity index is 142. The maximum atomic E-state index is 11.1. The van der Waals surface area contributed by atoms with Gasteiger partial charge in [-0.3, -0.25) is 4.79 Å². The molecule has 0 amide bonds. The Morgan fingerprint density at radius 3 is 2.43 bits per heavy atom. The summed E-state index contributed by atoms with van der Waals surface area (Å²) >= 11 is 4.09. The Morgan fingerprint density at radius 1 is 1.29 bits per heavy atom. The van der Waals surface area contributed by atoms with Gasteiger partial charge in [0.25, 0.3) is 0 Å². The molecule has 14 heavy (non-hydrogen) atoms. The van der Waals surface area contributed by atoms with Crippen LogP contribution in [0.25, 0.3) is 0 Å². The van der Waals surface area contributed by atoms with E-state index in [0.29, 0.717) is 6.61 Å². The number of rotatable bonds is 7. The van der Waals surface area contributed by atoms with Gasteiger partial charge in [0.2, 0.25) is 0 Å². The molecule has 1 unspecified atom stereocenters. The maximum Gasteiger partial charge on any atom is 0.318 e. The zero-order valence-corrected chi connectivity index (χ0v) is 11.3. The van der Waals surface area contributed by atoms with Gasteiger partial charge < -0.3 is 4.74 Å². The average molecular weight is 312 g/mol. The van der Waals surface area contributed by atoms with Crippen molar-refractivity contribution in [2.75, 3.05) is 6.61 Å². The van der Waals surface area contributed by atoms with E-state index in [9.17, 15) is 4.79 Å². The minimum Gasteiger partial charge on any atom is -0.465 e. The minimum atomic E-state index is -0.244. The predicted octanol–water partition coefficient (Wildman–Crippen LogP) is 2.82. The van der Waals surface area contributed by atoms with Gasteiger partial charge in [-0.05, 0) is 12.8 Å². The van der Waals surface area contributed by atoms with Gasteiger partial charge in [0.15, 0.2) is 0 Å². The van der Waals surface area contributed by atoms with Gasteiger partial charge >= 0.3 is 5.97 Å². The van der Waals surface area contributed by atoms with E-state index < -0.39 is 0 Å². The zero-order chi connectivity index (χ0) is 10.1. The number of unbranched alkanes of at least 4 members (excludes halogenated alkanes) is 3. The molecule has 0 aliphatic carbocycles. The number of carbonyl (C=O) groups excluding carboxylic acids is 1. The smallest absolute Gasteiger partial charge is 0.318 e. The number of esters is 1. The van der Waals surface area contributed by atoms with Crippen molar-refractivity contribution in [2.24, 2.45) is 0 Å². The molecule has 0 saturated heterocycles. The molecule has 0 aliphatic rings. The Morgan fingerprint density at radius 2 is 1.93 bits per heavy atom. The molecule has 89 valence electrons. The summed E-state index contributed by atoms with van der Waals surface area (Å²) in [7, 11) is 0. The first-order valence-electron chi connectivity index (χ1n) is 5.07. The van der Waals surface area contributed by atoms with Crippen LogP contribution in [0.5, 0.6) is 0 Å². The summed E-state index contributed by atoms with van der Waals surface area (Å²) in [6, 6.07) is 0. The fourth-order valence-electron chi connectivity index (χ4n) is 0.964. The Kier molecular flexibility index (Phi) is 14.1. The van der Waals surface area contributed by atoms with Crippen LogP contribution in [0.3, 0.4) is 0 Å². The van der Waals surface area contributed by atoms with Crippen LogP contribution < -0.4 is 0 Å². The van der Waals surface area contributed by atoms with Crippen molar-refractivity contribution in [3.8, 4) is 0 Å². The average Bonchev–Trinajstić information content (AvgIpc) is 2.16. The first-order chi connectivity index (χ1) is 6.22. The molecule has 0 fully saturated rings. The van der Waals surface area contributed by atoms with E-state index in [-0.39, 0.29) is 33.6 Å². The summed E-state index contributed by atoms with van der Waals surface area (Å²) in [5.41, 5.74) is 0. The van der Waals surface area contributed by atoms with E-state index >= 15 is 0 Å². The van der Waals surface area contributed by atoms with E-state index in [1.165, 1.54) is 12.8 Å². The molecule has 0 N–H and O–H groups in total. The third kappa shape index (κ3) is 9.13. The number of hydrogen-bond donors (Lipinski definition) is 1. The molecule has 0 rings (SSSR count). The van der Waals surface area contributed by atoms with Crippen LogP contribution in [0.15, 0.2) is 0 Å². The summed E-state index contributed by atoms with van der Waals surface area (Å²) in [6.07, 6.45) is 5.28. The normalized spacial score (nSPS) is 11.6. The molecule has 1 radical (unpaired) electrons. The largest absolute Gasteiger partial charge is 0.465 e. The van der Waals surface area contributed by atoms with Crippen molar-refractivity contribution < 1.29 is 31.9 Å². The fourth-order valence-corrected chi connectivity index (χ4v) is 1.04. The van der Waals surface area contributed by atoms with E-state index in [4.69, 9.17) is 4.74 Å². The first-order valence-corrected chi connectivity index (χ1v) is 5.58. The van der Waals surface area contributed by atoms with Crippen LogP contribution in [0.1, 0.15) is 46.0 Å². The molecular weight excluding hydrogens is 292 g/mol. The minimum absolute atomic E-state index is 0. The van der Waals surface area contributed by atoms with Crippen molar-refractivity contribution in [3.63, 3.8) is 0 Å². The molecule has 1 atom stereocenters. The Labute approximate surface area is 108 Å². The van der Waals surface area contributed by atoms with Gasteiger partial charge in [-0.2, -0.15) is 12.6 Å². The molecule has 2 nitrogen and oxygen atoms in total. The molecule has 0 aromatic rings. The second kappa shape index (κ2) is 11.6. The van der Waals surface area contributed by atoms with Gasteiger partial charge in [0, 0.05) is 22.4 Å². The molecule has 0 aromatic heterocycles. The Hall–Kier alpha value is 0.560. The molecule has 0 aromatic carbocycles. The molecule has 0 spiro atoms. The summed E-state index contributed by atoms with van der Waals surface area (Å²) in [5, 5.41) is -0.244. The zero-order valence-electron chi connectivity index (χ0n) is 8.89. The Balaban J connectivity index is 0. The van der Waals surface area contributed by atoms with E-state index in [0.717, 1.165) is 19.3 Å². The predicted molar refractivity (Wildman–Crippen MR) is 58.2 cm³/mol. The van der Waals surface area contributed by atoms with Crippen LogP contribution >= 0.6 is 12.6 Å². The molecule has 0 bridgehead atoms. The van der Waals surface area contributed by atoms with Gasteiger partial charge in [-0.25, -0.2) is 0 Å². The molecular formula is C10H20AgO2S. The van der Waals surface area contributed by atoms with Crippen molar-refractivity contribution in [1.82, 2.24) is 0 Å². The van der Waals surface area contributed by atoms with Gasteiger partial charge in [0.1, 0.15) is 0 Å². The quantitative estimate of drug-likeness (QED) is 0.339. The van der Waals surface area contributed by atoms with Gasteiger partial charge in [-0.15, -0.1) is 0 Å². The number of carbonyl (C=O) groups is 1. The summed E-state index contributed by atoms with van der Waals surface area (Å²) in [6.45, 7) is 4.64. The number of thiol groups is 1. The first kappa shape index (κ1) is 17.0. The molecule has 4 heteroatoms. The van der Waals surface area contributed by atoms with E-state index in [1.54, 1.807) is 0 Å². The maximum absolute atomic E-state index is 11.1. The van der Waals surface area contributed by atoms with Gasteiger partial charge in [0.05, 0.1) is 11.9 Å². The topological polar surface area (TPSA) is 26.3 Å². The van der Waals surface area contributed by atoms with Crippen molar-refractivity contribution in [1.29, 1.82) is 0 Å². The summed E-state index contributed by atoms with van der Waals surface area (Å²) in [5.74, 6) is -0.178. The monoisotopic (exact) mass is 311 g/mol. The molecule has 0 aliphatic heterocycles. The van der Waals surface area contributed by atoms with Crippen LogP contribution in [0, 0.1) is 0 Å². The summed E-state index contributed by atoms with van der Waals surface area (Å²) < 4.78 is 5.03. The summed E-state index contributed by atoms with van der Waals surface area (Å²) in [4.78, 5) is 11.1. The van der Waals surface area contributed by atoms with Crippen molar-refractivity contribution >= 4 is 18.6 Å². The van der Waals surface area contributed by atoms with E-state index in [2.05, 4.69) is 19.6 Å². The van der Waals surface area contributed by atoms with Crippen molar-refractivity contribution in [3.05, 3.63) is 0 Å². The van der Waals surface area contributed by atoms with Crippen LogP contribution in [-0.2, 0) is 31.9 Å².